The molecule has 6 nitrogen and oxygen atoms in total. The number of aliphatic hydroxyl groups is 2. The summed E-state index contributed by atoms with van der Waals surface area (Å²) in [5, 5.41) is 23.4. The van der Waals surface area contributed by atoms with E-state index in [-0.39, 0.29) is 37.0 Å². The summed E-state index contributed by atoms with van der Waals surface area (Å²) in [6.07, 6.45) is 0.978. The molecule has 166 valence electrons. The Morgan fingerprint density at radius 2 is 0.857 bits per heavy atom. The number of carbonyl (C=O) groups excluding carboxylic acids is 2. The molecule has 0 aromatic rings. The van der Waals surface area contributed by atoms with Gasteiger partial charge in [-0.1, -0.05) is 26.7 Å². The lowest BCUT2D eigenvalue weighted by molar-refractivity contribution is -0.205. The van der Waals surface area contributed by atoms with Crippen LogP contribution in [0.2, 0.25) is 0 Å². The van der Waals surface area contributed by atoms with Gasteiger partial charge < -0.3 is 20.0 Å². The molecule has 0 radical (unpaired) electrons. The fourth-order valence-electron chi connectivity index (χ4n) is 4.26. The zero-order valence-corrected chi connectivity index (χ0v) is 19.7. The minimum absolute atomic E-state index is 0.0219. The van der Waals surface area contributed by atoms with Crippen molar-refractivity contribution >= 4 is 11.8 Å². The smallest absolute Gasteiger partial charge is 0.258 e. The molecule has 0 saturated heterocycles. The second-order valence-corrected chi connectivity index (χ2v) is 9.02. The molecule has 0 spiro atoms. The van der Waals surface area contributed by atoms with Crippen molar-refractivity contribution in [3.63, 3.8) is 0 Å². The number of nitrogens with zero attached hydrogens (tertiary/aromatic N) is 2. The highest BCUT2D eigenvalue weighted by Gasteiger charge is 2.61. The Morgan fingerprint density at radius 1 is 0.643 bits per heavy atom. The Hall–Kier alpha value is -1.14. The van der Waals surface area contributed by atoms with E-state index < -0.39 is 23.0 Å². The van der Waals surface area contributed by atoms with E-state index in [9.17, 15) is 19.8 Å². The van der Waals surface area contributed by atoms with Crippen LogP contribution in [-0.4, -0.2) is 67.2 Å². The Balaban J connectivity index is 6.59. The molecule has 0 rings (SSSR count). The lowest BCUT2D eigenvalue weighted by Gasteiger charge is -2.48. The van der Waals surface area contributed by atoms with Crippen LogP contribution < -0.4 is 0 Å². The van der Waals surface area contributed by atoms with E-state index in [0.717, 1.165) is 0 Å². The summed E-state index contributed by atoms with van der Waals surface area (Å²) in [6, 6.07) is -0.655. The van der Waals surface area contributed by atoms with Crippen LogP contribution in [0.15, 0.2) is 0 Å². The summed E-state index contributed by atoms with van der Waals surface area (Å²) in [7, 11) is 0. The minimum atomic E-state index is -2.18. The number of rotatable bonds is 11. The molecule has 0 bridgehead atoms. The summed E-state index contributed by atoms with van der Waals surface area (Å²) in [5.74, 6) is -1.15. The first kappa shape index (κ1) is 26.9. The number of hydrogen-bond donors (Lipinski definition) is 2. The Labute approximate surface area is 172 Å². The summed E-state index contributed by atoms with van der Waals surface area (Å²) in [6.45, 7) is 18.7. The van der Waals surface area contributed by atoms with Gasteiger partial charge in [0, 0.05) is 24.2 Å². The molecule has 0 aromatic heterocycles. The Bertz CT molecular complexity index is 457. The van der Waals surface area contributed by atoms with Gasteiger partial charge >= 0.3 is 0 Å². The minimum Gasteiger partial charge on any atom is -0.377 e. The topological polar surface area (TPSA) is 81.1 Å². The highest BCUT2D eigenvalue weighted by atomic mass is 16.4. The fraction of sp³-hybridized carbons (Fsp3) is 0.909. The van der Waals surface area contributed by atoms with Crippen molar-refractivity contribution in [3.05, 3.63) is 0 Å². The van der Waals surface area contributed by atoms with Crippen molar-refractivity contribution in [1.29, 1.82) is 0 Å². The normalized spacial score (nSPS) is 16.4. The van der Waals surface area contributed by atoms with E-state index in [1.807, 2.05) is 69.2 Å². The first-order valence-electron chi connectivity index (χ1n) is 10.8. The zero-order chi connectivity index (χ0) is 22.4. The summed E-state index contributed by atoms with van der Waals surface area (Å²) >= 11 is 0. The second-order valence-electron chi connectivity index (χ2n) is 9.02. The zero-order valence-electron chi connectivity index (χ0n) is 19.7. The van der Waals surface area contributed by atoms with Crippen LogP contribution in [0.25, 0.3) is 0 Å². The van der Waals surface area contributed by atoms with E-state index in [2.05, 4.69) is 0 Å². The van der Waals surface area contributed by atoms with E-state index in [1.54, 1.807) is 9.80 Å². The molecule has 0 unspecified atom stereocenters. The first-order chi connectivity index (χ1) is 12.7. The highest BCUT2D eigenvalue weighted by molar-refractivity contribution is 5.97. The van der Waals surface area contributed by atoms with Crippen molar-refractivity contribution < 1.29 is 19.8 Å². The Kier molecular flexibility index (Phi) is 10.2. The van der Waals surface area contributed by atoms with Crippen LogP contribution in [0.3, 0.4) is 0 Å². The molecular weight excluding hydrogens is 356 g/mol. The Morgan fingerprint density at radius 3 is 1.00 bits per heavy atom. The van der Waals surface area contributed by atoms with Crippen LogP contribution >= 0.6 is 0 Å². The van der Waals surface area contributed by atoms with Crippen LogP contribution in [0.4, 0.5) is 0 Å². The van der Waals surface area contributed by atoms with Gasteiger partial charge in [0.15, 0.2) is 11.2 Å². The third-order valence-electron chi connectivity index (χ3n) is 5.31. The number of carbonyl (C=O) groups is 2. The summed E-state index contributed by atoms with van der Waals surface area (Å²) < 4.78 is 0. The van der Waals surface area contributed by atoms with Gasteiger partial charge in [0.2, 0.25) is 0 Å². The molecule has 0 aliphatic carbocycles. The third-order valence-corrected chi connectivity index (χ3v) is 5.31. The van der Waals surface area contributed by atoms with Crippen molar-refractivity contribution in [3.8, 4) is 0 Å². The maximum atomic E-state index is 13.6. The summed E-state index contributed by atoms with van der Waals surface area (Å²) in [4.78, 5) is 30.3. The molecule has 0 fully saturated rings. The molecule has 0 saturated carbocycles. The lowest BCUT2D eigenvalue weighted by atomic mass is 9.73. The van der Waals surface area contributed by atoms with Gasteiger partial charge in [0.1, 0.15) is 0 Å². The van der Waals surface area contributed by atoms with Gasteiger partial charge in [-0.15, -0.1) is 0 Å². The molecule has 2 N–H and O–H groups in total. The molecule has 0 aliphatic heterocycles. The second kappa shape index (κ2) is 10.6. The van der Waals surface area contributed by atoms with Crippen molar-refractivity contribution in [2.75, 3.05) is 0 Å². The molecule has 28 heavy (non-hydrogen) atoms. The average molecular weight is 401 g/mol. The quantitative estimate of drug-likeness (QED) is 0.557. The molecule has 2 atom stereocenters. The van der Waals surface area contributed by atoms with Gasteiger partial charge in [-0.3, -0.25) is 9.59 Å². The van der Waals surface area contributed by atoms with Gasteiger partial charge in [-0.25, -0.2) is 0 Å². The van der Waals surface area contributed by atoms with Crippen molar-refractivity contribution in [2.24, 2.45) is 0 Å². The van der Waals surface area contributed by atoms with E-state index in [4.69, 9.17) is 0 Å². The maximum absolute atomic E-state index is 13.6. The average Bonchev–Trinajstić information content (AvgIpc) is 2.53. The van der Waals surface area contributed by atoms with Gasteiger partial charge in [-0.2, -0.15) is 0 Å². The lowest BCUT2D eigenvalue weighted by Crippen LogP contribution is -2.71. The largest absolute Gasteiger partial charge is 0.377 e. The van der Waals surface area contributed by atoms with Crippen LogP contribution in [0.1, 0.15) is 94.9 Å². The van der Waals surface area contributed by atoms with Crippen molar-refractivity contribution in [1.82, 2.24) is 9.80 Å². The van der Waals surface area contributed by atoms with Crippen LogP contribution in [0.5, 0.6) is 0 Å². The van der Waals surface area contributed by atoms with Gasteiger partial charge in [-0.05, 0) is 68.2 Å². The predicted octanol–water partition coefficient (Wildman–Crippen LogP) is 3.34. The van der Waals surface area contributed by atoms with Gasteiger partial charge in [0.05, 0.1) is 0 Å². The van der Waals surface area contributed by atoms with E-state index in [1.165, 1.54) is 0 Å². The monoisotopic (exact) mass is 400 g/mol. The van der Waals surface area contributed by atoms with Gasteiger partial charge in [0.25, 0.3) is 11.8 Å². The maximum Gasteiger partial charge on any atom is 0.258 e. The third kappa shape index (κ3) is 5.26. The standard InChI is InChI=1S/C22H44N2O4/c1-11-13-21(27,19(25)23(15(3)4)16(5)6)22(28,14-12-2)20(26)24(17(7)8)18(9)10/h15-18,27-28H,11-14H2,1-10H3/t21-,22-/m1/s1. The molecule has 2 amide bonds. The predicted molar refractivity (Wildman–Crippen MR) is 114 cm³/mol. The molecule has 0 aromatic carbocycles. The number of amides is 2. The molecule has 6 heteroatoms. The number of hydrogen-bond acceptors (Lipinski definition) is 4. The molecule has 0 heterocycles. The van der Waals surface area contributed by atoms with E-state index in [0.29, 0.717) is 12.8 Å². The van der Waals surface area contributed by atoms with E-state index >= 15 is 0 Å². The molecular formula is C22H44N2O4. The van der Waals surface area contributed by atoms with Crippen LogP contribution in [-0.2, 0) is 9.59 Å². The first-order valence-corrected chi connectivity index (χ1v) is 10.8. The SMILES string of the molecule is CCC[C@@](O)(C(=O)N(C(C)C)C(C)C)[C@@](O)(CCC)C(=O)N(C(C)C)C(C)C. The van der Waals surface area contributed by atoms with Crippen LogP contribution in [0, 0.1) is 0 Å². The highest BCUT2D eigenvalue weighted by Crippen LogP contribution is 2.37. The van der Waals surface area contributed by atoms with Crippen molar-refractivity contribution in [2.45, 2.75) is 130 Å². The summed E-state index contributed by atoms with van der Waals surface area (Å²) in [5.41, 5.74) is -4.35. The fourth-order valence-corrected chi connectivity index (χ4v) is 4.26. The molecule has 0 aliphatic rings.